The first-order valence-corrected chi connectivity index (χ1v) is 6.69. The third-order valence-corrected chi connectivity index (χ3v) is 3.49. The van der Waals surface area contributed by atoms with Gasteiger partial charge in [0.2, 0.25) is 5.91 Å². The Morgan fingerprint density at radius 1 is 1.47 bits per heavy atom. The zero-order valence-corrected chi connectivity index (χ0v) is 12.1. The number of hydrogen-bond donors (Lipinski definition) is 2. The Hall–Kier alpha value is -0.990. The predicted octanol–water partition coefficient (Wildman–Crippen LogP) is 2.63. The van der Waals surface area contributed by atoms with E-state index >= 15 is 0 Å². The molecule has 1 unspecified atom stereocenters. The molecule has 0 aliphatic carbocycles. The number of carbonyl (C=O) groups is 1. The fraction of sp³-hybridized carbons (Fsp3) is 0.300. The summed E-state index contributed by atoms with van der Waals surface area (Å²) in [5.74, 6) is -0.416. The molecule has 0 aromatic heterocycles. The van der Waals surface area contributed by atoms with Crippen LogP contribution in [0.3, 0.4) is 0 Å². The first-order valence-electron chi connectivity index (χ1n) is 5.20. The van der Waals surface area contributed by atoms with Crippen LogP contribution in [-0.4, -0.2) is 25.7 Å². The second-order valence-electron chi connectivity index (χ2n) is 3.73. The van der Waals surface area contributed by atoms with Gasteiger partial charge in [-0.3, -0.25) is 4.79 Å². The Morgan fingerprint density at radius 3 is 2.84 bits per heavy atom. The number of amides is 1. The Morgan fingerprint density at radius 2 is 2.16 bits per heavy atom. The van der Waals surface area contributed by atoms with Gasteiger partial charge in [0, 0.05) is 7.11 Å². The smallest absolute Gasteiger partial charge is 0.243 e. The summed E-state index contributed by atoms with van der Waals surface area (Å²) in [5.41, 5.74) is 6.93. The molecule has 3 N–H and O–H groups in total. The molecule has 1 amide bonds. The lowest BCUT2D eigenvalue weighted by Gasteiger charge is -2.14. The summed E-state index contributed by atoms with van der Waals surface area (Å²) in [4.78, 5) is 11.9. The van der Waals surface area contributed by atoms with Crippen molar-refractivity contribution in [3.8, 4) is 0 Å². The monoisotopic (exact) mass is 320 g/mol. The minimum Gasteiger partial charge on any atom is -0.383 e. The van der Waals surface area contributed by atoms with E-state index in [-0.39, 0.29) is 11.6 Å². The van der Waals surface area contributed by atoms with Crippen LogP contribution in [0.15, 0.2) is 14.8 Å². The number of methoxy groups -OCH3 is 1. The molecule has 0 saturated carbocycles. The summed E-state index contributed by atoms with van der Waals surface area (Å²) in [5, 5.41) is 3.28. The van der Waals surface area contributed by atoms with Gasteiger partial charge in [0.1, 0.15) is 17.4 Å². The molecule has 0 spiro atoms. The lowest BCUT2D eigenvalue weighted by atomic mass is 10.2. The van der Waals surface area contributed by atoms with Gasteiger partial charge in [-0.1, -0.05) is 23.2 Å². The van der Waals surface area contributed by atoms with Crippen molar-refractivity contribution in [3.63, 3.8) is 0 Å². The molecule has 102 valence electrons. The fourth-order valence-electron chi connectivity index (χ4n) is 1.46. The lowest BCUT2D eigenvalue weighted by Crippen LogP contribution is -2.39. The molecule has 1 atom stereocenters. The van der Waals surface area contributed by atoms with Crippen molar-refractivity contribution in [2.75, 3.05) is 19.0 Å². The van der Waals surface area contributed by atoms with Crippen molar-refractivity contribution >= 4 is 57.5 Å². The number of halogens is 2. The van der Waals surface area contributed by atoms with Crippen LogP contribution >= 0.6 is 23.2 Å². The molecule has 9 heteroatoms. The first-order chi connectivity index (χ1) is 9.04. The van der Waals surface area contributed by atoms with Crippen LogP contribution < -0.4 is 11.1 Å². The van der Waals surface area contributed by atoms with Gasteiger partial charge in [0.25, 0.3) is 0 Å². The second kappa shape index (κ2) is 5.98. The van der Waals surface area contributed by atoms with Crippen molar-refractivity contribution < 1.29 is 9.53 Å². The highest BCUT2D eigenvalue weighted by atomic mass is 35.5. The van der Waals surface area contributed by atoms with Crippen molar-refractivity contribution in [1.82, 2.24) is 0 Å². The molecule has 2 rings (SSSR count). The average Bonchev–Trinajstić information content (AvgIpc) is 2.84. The molecule has 1 heterocycles. The summed E-state index contributed by atoms with van der Waals surface area (Å²) >= 11 is 13.0. The van der Waals surface area contributed by atoms with Gasteiger partial charge >= 0.3 is 0 Å². The number of ether oxygens (including phenoxy) is 1. The largest absolute Gasteiger partial charge is 0.383 e. The summed E-state index contributed by atoms with van der Waals surface area (Å²) in [7, 11) is 1.46. The molecule has 0 saturated heterocycles. The van der Waals surface area contributed by atoms with E-state index in [1.165, 1.54) is 13.2 Å². The first kappa shape index (κ1) is 14.4. The molecular formula is C10H10Cl2N4O2S. The SMILES string of the molecule is COCC(N)C(=O)Nc1c(Cl)cc(Cl)c2c1N=S=N2. The normalized spacial score (nSPS) is 13.9. The third kappa shape index (κ3) is 2.96. The molecule has 1 aromatic carbocycles. The molecule has 19 heavy (non-hydrogen) atoms. The highest BCUT2D eigenvalue weighted by molar-refractivity contribution is 7.58. The highest BCUT2D eigenvalue weighted by Gasteiger charge is 2.22. The fourth-order valence-corrected chi connectivity index (χ4v) is 2.62. The van der Waals surface area contributed by atoms with E-state index in [1.807, 2.05) is 0 Å². The van der Waals surface area contributed by atoms with Crippen LogP contribution in [0.2, 0.25) is 10.0 Å². The average molecular weight is 321 g/mol. The van der Waals surface area contributed by atoms with E-state index in [0.717, 1.165) is 11.4 Å². The Bertz CT molecular complexity index is 602. The number of benzene rings is 1. The van der Waals surface area contributed by atoms with E-state index in [9.17, 15) is 4.79 Å². The van der Waals surface area contributed by atoms with E-state index in [4.69, 9.17) is 33.7 Å². The summed E-state index contributed by atoms with van der Waals surface area (Å²) in [6, 6.07) is 0.711. The molecule has 1 aromatic rings. The predicted molar refractivity (Wildman–Crippen MR) is 76.5 cm³/mol. The van der Waals surface area contributed by atoms with Crippen LogP contribution in [0.4, 0.5) is 17.1 Å². The van der Waals surface area contributed by atoms with Gasteiger partial charge in [-0.15, -0.1) is 0 Å². The Kier molecular flexibility index (Phi) is 4.54. The van der Waals surface area contributed by atoms with Crippen LogP contribution in [0.25, 0.3) is 0 Å². The number of carbonyl (C=O) groups excluding carboxylic acids is 1. The molecule has 1 aliphatic heterocycles. The minimum atomic E-state index is -0.793. The number of anilines is 1. The second-order valence-corrected chi connectivity index (χ2v) is 5.07. The van der Waals surface area contributed by atoms with Crippen LogP contribution in [0.5, 0.6) is 0 Å². The summed E-state index contributed by atoms with van der Waals surface area (Å²) in [6.45, 7) is 0.107. The highest BCUT2D eigenvalue weighted by Crippen LogP contribution is 2.47. The van der Waals surface area contributed by atoms with Crippen LogP contribution in [0, 0.1) is 0 Å². The summed E-state index contributed by atoms with van der Waals surface area (Å²) in [6.07, 6.45) is 0. The standard InChI is InChI=1S/C10H10Cl2N4O2S/c1-18-3-6(13)10(17)14-7-4(11)2-5(12)8-9(7)16-19-15-8/h2,6H,3,13H2,1H3,(H,14,17). The van der Waals surface area contributed by atoms with Crippen LogP contribution in [-0.2, 0) is 20.9 Å². The van der Waals surface area contributed by atoms with Crippen molar-refractivity contribution in [2.24, 2.45) is 14.5 Å². The van der Waals surface area contributed by atoms with Crippen molar-refractivity contribution in [3.05, 3.63) is 16.1 Å². The quantitative estimate of drug-likeness (QED) is 0.907. The van der Waals surface area contributed by atoms with Crippen molar-refractivity contribution in [2.45, 2.75) is 6.04 Å². The maximum atomic E-state index is 11.9. The van der Waals surface area contributed by atoms with E-state index < -0.39 is 11.9 Å². The van der Waals surface area contributed by atoms with Crippen molar-refractivity contribution in [1.29, 1.82) is 0 Å². The van der Waals surface area contributed by atoms with Crippen LogP contribution in [0.1, 0.15) is 0 Å². The van der Waals surface area contributed by atoms with Gasteiger partial charge in [-0.05, 0) is 6.07 Å². The number of hydrogen-bond acceptors (Lipinski definition) is 5. The molecule has 0 fully saturated rings. The van der Waals surface area contributed by atoms with E-state index in [1.54, 1.807) is 0 Å². The number of nitrogens with two attached hydrogens (primary N) is 1. The number of nitrogens with zero attached hydrogens (tertiary/aromatic N) is 2. The minimum absolute atomic E-state index is 0.107. The van der Waals surface area contributed by atoms with E-state index in [0.29, 0.717) is 22.1 Å². The molecular weight excluding hydrogens is 311 g/mol. The zero-order valence-electron chi connectivity index (χ0n) is 9.81. The molecule has 0 bridgehead atoms. The molecule has 0 radical (unpaired) electrons. The Balaban J connectivity index is 2.30. The lowest BCUT2D eigenvalue weighted by molar-refractivity contribution is -0.118. The van der Waals surface area contributed by atoms with Gasteiger partial charge in [0.15, 0.2) is 0 Å². The molecule has 6 nitrogen and oxygen atoms in total. The maximum Gasteiger partial charge on any atom is 0.243 e. The number of rotatable bonds is 4. The number of fused-ring (bicyclic) bond motifs is 1. The van der Waals surface area contributed by atoms with Gasteiger partial charge in [-0.25, -0.2) is 0 Å². The third-order valence-electron chi connectivity index (χ3n) is 2.38. The zero-order chi connectivity index (χ0) is 14.0. The van der Waals surface area contributed by atoms with E-state index in [2.05, 4.69) is 14.0 Å². The Labute approximate surface area is 123 Å². The molecule has 1 aliphatic rings. The summed E-state index contributed by atoms with van der Waals surface area (Å²) < 4.78 is 12.9. The maximum absolute atomic E-state index is 11.9. The number of nitrogens with one attached hydrogen (secondary N) is 1. The van der Waals surface area contributed by atoms with Gasteiger partial charge in [-0.2, -0.15) is 8.73 Å². The van der Waals surface area contributed by atoms with Gasteiger partial charge < -0.3 is 15.8 Å². The van der Waals surface area contributed by atoms with Gasteiger partial charge in [0.05, 0.1) is 33.7 Å². The topological polar surface area (TPSA) is 89.1 Å².